The van der Waals surface area contributed by atoms with E-state index in [2.05, 4.69) is 5.32 Å². The molecule has 21 heavy (non-hydrogen) atoms. The van der Waals surface area contributed by atoms with Gasteiger partial charge < -0.3 is 10.1 Å². The number of hydrogen-bond acceptors (Lipinski definition) is 4. The molecule has 0 fully saturated rings. The minimum atomic E-state index is -0.518. The number of nitro groups is 1. The Morgan fingerprint density at radius 3 is 2.67 bits per heavy atom. The molecule has 0 aliphatic heterocycles. The number of nitrogens with zero attached hydrogens (tertiary/aromatic N) is 1. The molecule has 1 N–H and O–H groups in total. The lowest BCUT2D eigenvalue weighted by Gasteiger charge is -2.20. The first-order chi connectivity index (χ1) is 9.69. The second kappa shape index (κ2) is 7.06. The maximum absolute atomic E-state index is 11.5. The van der Waals surface area contributed by atoms with E-state index in [9.17, 15) is 14.9 Å². The number of amides is 1. The SMILES string of the molecule is CC(CCNC(=O)OC(C)(C)C)c1cccc([N+](=O)[O-])c1. The molecule has 0 saturated carbocycles. The van der Waals surface area contributed by atoms with E-state index in [1.54, 1.807) is 32.9 Å². The summed E-state index contributed by atoms with van der Waals surface area (Å²) in [5.74, 6) is 0.111. The normalized spacial score (nSPS) is 12.6. The highest BCUT2D eigenvalue weighted by Crippen LogP contribution is 2.22. The summed E-state index contributed by atoms with van der Waals surface area (Å²) in [4.78, 5) is 21.8. The summed E-state index contributed by atoms with van der Waals surface area (Å²) in [6, 6.07) is 6.56. The number of benzene rings is 1. The Kier molecular flexibility index (Phi) is 5.69. The fourth-order valence-corrected chi connectivity index (χ4v) is 1.82. The molecule has 0 heterocycles. The standard InChI is InChI=1S/C15H22N2O4/c1-11(8-9-16-14(18)21-15(2,3)4)12-6-5-7-13(10-12)17(19)20/h5-7,10-11H,8-9H2,1-4H3,(H,16,18). The maximum Gasteiger partial charge on any atom is 0.407 e. The van der Waals surface area contributed by atoms with Gasteiger partial charge in [-0.25, -0.2) is 4.79 Å². The highest BCUT2D eigenvalue weighted by atomic mass is 16.6. The molecule has 1 aromatic rings. The summed E-state index contributed by atoms with van der Waals surface area (Å²) in [6.45, 7) is 7.84. The fraction of sp³-hybridized carbons (Fsp3) is 0.533. The van der Waals surface area contributed by atoms with E-state index >= 15 is 0 Å². The zero-order valence-corrected chi connectivity index (χ0v) is 12.9. The maximum atomic E-state index is 11.5. The van der Waals surface area contributed by atoms with E-state index in [0.717, 1.165) is 5.56 Å². The van der Waals surface area contributed by atoms with Gasteiger partial charge in [-0.2, -0.15) is 0 Å². The van der Waals surface area contributed by atoms with Crippen LogP contribution in [0.15, 0.2) is 24.3 Å². The summed E-state index contributed by atoms with van der Waals surface area (Å²) < 4.78 is 5.14. The van der Waals surface area contributed by atoms with Gasteiger partial charge in [0.2, 0.25) is 0 Å². The third-order valence-electron chi connectivity index (χ3n) is 2.90. The first-order valence-corrected chi connectivity index (χ1v) is 6.90. The topological polar surface area (TPSA) is 81.5 Å². The van der Waals surface area contributed by atoms with Crippen LogP contribution in [0.1, 0.15) is 45.6 Å². The molecule has 0 saturated heterocycles. The molecule has 6 heteroatoms. The molecule has 0 aliphatic carbocycles. The van der Waals surface area contributed by atoms with Crippen molar-refractivity contribution in [3.05, 3.63) is 39.9 Å². The number of rotatable bonds is 5. The summed E-state index contributed by atoms with van der Waals surface area (Å²) in [5.41, 5.74) is 0.449. The van der Waals surface area contributed by atoms with Crippen LogP contribution in [-0.4, -0.2) is 23.2 Å². The third kappa shape index (κ3) is 6.25. The van der Waals surface area contributed by atoms with Crippen LogP contribution in [0.3, 0.4) is 0 Å². The molecule has 116 valence electrons. The predicted octanol–water partition coefficient (Wildman–Crippen LogP) is 3.61. The molecular weight excluding hydrogens is 272 g/mol. The van der Waals surface area contributed by atoms with Crippen molar-refractivity contribution < 1.29 is 14.5 Å². The number of ether oxygens (including phenoxy) is 1. The van der Waals surface area contributed by atoms with E-state index in [1.165, 1.54) is 6.07 Å². The Hall–Kier alpha value is -2.11. The van der Waals surface area contributed by atoms with Crippen LogP contribution < -0.4 is 5.32 Å². The van der Waals surface area contributed by atoms with Crippen LogP contribution in [-0.2, 0) is 4.74 Å². The van der Waals surface area contributed by atoms with Gasteiger partial charge in [-0.3, -0.25) is 10.1 Å². The predicted molar refractivity (Wildman–Crippen MR) is 80.4 cm³/mol. The zero-order chi connectivity index (χ0) is 16.0. The van der Waals surface area contributed by atoms with Crippen molar-refractivity contribution >= 4 is 11.8 Å². The molecule has 0 bridgehead atoms. The Balaban J connectivity index is 2.47. The van der Waals surface area contributed by atoms with Crippen LogP contribution >= 0.6 is 0 Å². The molecule has 6 nitrogen and oxygen atoms in total. The van der Waals surface area contributed by atoms with Gasteiger partial charge >= 0.3 is 6.09 Å². The number of carbonyl (C=O) groups excluding carboxylic acids is 1. The second-order valence-electron chi connectivity index (χ2n) is 5.97. The van der Waals surface area contributed by atoms with E-state index in [-0.39, 0.29) is 11.6 Å². The Labute approximate surface area is 124 Å². The van der Waals surface area contributed by atoms with Gasteiger partial charge in [-0.05, 0) is 38.7 Å². The first kappa shape index (κ1) is 16.9. The van der Waals surface area contributed by atoms with Gasteiger partial charge in [0.05, 0.1) is 4.92 Å². The Morgan fingerprint density at radius 1 is 1.43 bits per heavy atom. The van der Waals surface area contributed by atoms with Gasteiger partial charge in [0.1, 0.15) is 5.60 Å². The van der Waals surface area contributed by atoms with Crippen molar-refractivity contribution in [2.75, 3.05) is 6.54 Å². The van der Waals surface area contributed by atoms with E-state index in [4.69, 9.17) is 4.74 Å². The third-order valence-corrected chi connectivity index (χ3v) is 2.90. The molecule has 1 atom stereocenters. The molecule has 0 spiro atoms. The molecule has 0 aromatic heterocycles. The summed E-state index contributed by atoms with van der Waals surface area (Å²) >= 11 is 0. The summed E-state index contributed by atoms with van der Waals surface area (Å²) in [7, 11) is 0. The molecular formula is C15H22N2O4. The molecule has 1 rings (SSSR count). The van der Waals surface area contributed by atoms with Crippen LogP contribution in [0.4, 0.5) is 10.5 Å². The number of alkyl carbamates (subject to hydrolysis) is 1. The number of hydrogen-bond donors (Lipinski definition) is 1. The van der Waals surface area contributed by atoms with Gasteiger partial charge in [-0.1, -0.05) is 19.1 Å². The quantitative estimate of drug-likeness (QED) is 0.664. The van der Waals surface area contributed by atoms with Crippen molar-refractivity contribution in [3.8, 4) is 0 Å². The number of non-ortho nitro benzene ring substituents is 1. The lowest BCUT2D eigenvalue weighted by Crippen LogP contribution is -2.33. The van der Waals surface area contributed by atoms with Crippen molar-refractivity contribution in [1.29, 1.82) is 0 Å². The van der Waals surface area contributed by atoms with Crippen LogP contribution in [0.5, 0.6) is 0 Å². The van der Waals surface area contributed by atoms with Crippen molar-refractivity contribution in [2.45, 2.75) is 45.6 Å². The second-order valence-corrected chi connectivity index (χ2v) is 5.97. The number of carbonyl (C=O) groups is 1. The Morgan fingerprint density at radius 2 is 2.10 bits per heavy atom. The molecule has 0 radical (unpaired) electrons. The fourth-order valence-electron chi connectivity index (χ4n) is 1.82. The minimum absolute atomic E-state index is 0.0828. The molecule has 0 aliphatic rings. The van der Waals surface area contributed by atoms with Gasteiger partial charge in [-0.15, -0.1) is 0 Å². The van der Waals surface area contributed by atoms with Crippen molar-refractivity contribution in [1.82, 2.24) is 5.32 Å². The average molecular weight is 294 g/mol. The first-order valence-electron chi connectivity index (χ1n) is 6.90. The molecule has 1 unspecified atom stereocenters. The zero-order valence-electron chi connectivity index (χ0n) is 12.9. The van der Waals surface area contributed by atoms with Gasteiger partial charge in [0.25, 0.3) is 5.69 Å². The highest BCUT2D eigenvalue weighted by Gasteiger charge is 2.16. The highest BCUT2D eigenvalue weighted by molar-refractivity contribution is 5.67. The van der Waals surface area contributed by atoms with Crippen LogP contribution in [0, 0.1) is 10.1 Å². The monoisotopic (exact) mass is 294 g/mol. The Bertz CT molecular complexity index is 509. The largest absolute Gasteiger partial charge is 0.444 e. The lowest BCUT2D eigenvalue weighted by molar-refractivity contribution is -0.384. The van der Waals surface area contributed by atoms with Crippen LogP contribution in [0.25, 0.3) is 0 Å². The average Bonchev–Trinajstić information content (AvgIpc) is 2.36. The summed E-state index contributed by atoms with van der Waals surface area (Å²) in [5, 5.41) is 13.4. The van der Waals surface area contributed by atoms with Gasteiger partial charge in [0.15, 0.2) is 0 Å². The van der Waals surface area contributed by atoms with Crippen molar-refractivity contribution in [3.63, 3.8) is 0 Å². The molecule has 1 amide bonds. The van der Waals surface area contributed by atoms with E-state index in [0.29, 0.717) is 13.0 Å². The molecule has 1 aromatic carbocycles. The number of nitrogens with one attached hydrogen (secondary N) is 1. The number of nitro benzene ring substituents is 1. The van der Waals surface area contributed by atoms with E-state index in [1.807, 2.05) is 13.0 Å². The van der Waals surface area contributed by atoms with Gasteiger partial charge in [0, 0.05) is 18.7 Å². The van der Waals surface area contributed by atoms with Crippen molar-refractivity contribution in [2.24, 2.45) is 0 Å². The summed E-state index contributed by atoms with van der Waals surface area (Å²) in [6.07, 6.45) is 0.231. The van der Waals surface area contributed by atoms with E-state index < -0.39 is 16.6 Å². The van der Waals surface area contributed by atoms with Crippen LogP contribution in [0.2, 0.25) is 0 Å². The lowest BCUT2D eigenvalue weighted by atomic mass is 9.97. The smallest absolute Gasteiger partial charge is 0.407 e. The minimum Gasteiger partial charge on any atom is -0.444 e.